The maximum atomic E-state index is 3.66. The molecule has 1 aromatic heterocycles. The molecule has 0 saturated carbocycles. The van der Waals surface area contributed by atoms with Crippen LogP contribution < -0.4 is 0 Å². The van der Waals surface area contributed by atoms with E-state index in [0.29, 0.717) is 0 Å². The number of hydrogen-bond acceptors (Lipinski definition) is 1. The maximum Gasteiger partial charge on any atom is 1.00 e. The second-order valence-corrected chi connectivity index (χ2v) is 0.959. The Morgan fingerprint density at radius 1 is 1.29 bits per heavy atom. The molecule has 40 valence electrons. The van der Waals surface area contributed by atoms with E-state index in [1.165, 1.54) is 0 Å². The van der Waals surface area contributed by atoms with Gasteiger partial charge in [0, 0.05) is 0 Å². The van der Waals surface area contributed by atoms with Crippen molar-refractivity contribution in [3.63, 3.8) is 0 Å². The Morgan fingerprint density at radius 3 is 2.29 bits per heavy atom. The molecule has 0 aliphatic rings. The van der Waals surface area contributed by atoms with Crippen molar-refractivity contribution < 1.29 is 17.1 Å². The summed E-state index contributed by atoms with van der Waals surface area (Å²) in [7, 11) is 0. The number of pyridine rings is 1. The van der Waals surface area contributed by atoms with Gasteiger partial charge in [-0.15, -0.1) is 0 Å². The zero-order chi connectivity index (χ0) is 4.24. The molecule has 1 nitrogen and oxygen atoms in total. The summed E-state index contributed by atoms with van der Waals surface area (Å²) in [6, 6.07) is 5.50. The molecule has 0 bridgehead atoms. The molecule has 0 aromatic carbocycles. The minimum absolute atomic E-state index is 0. The van der Waals surface area contributed by atoms with Gasteiger partial charge in [-0.25, -0.2) is 0 Å². The van der Waals surface area contributed by atoms with E-state index in [9.17, 15) is 0 Å². The van der Waals surface area contributed by atoms with Gasteiger partial charge in [0.25, 0.3) is 0 Å². The fourth-order valence-corrected chi connectivity index (χ4v) is 0.277. The molecule has 0 saturated heterocycles. The Morgan fingerprint density at radius 2 is 2.14 bits per heavy atom. The normalized spacial score (nSPS) is 6.86. The van der Waals surface area contributed by atoms with Gasteiger partial charge < -0.3 is 4.98 Å². The fourth-order valence-electron chi connectivity index (χ4n) is 0.277. The summed E-state index contributed by atoms with van der Waals surface area (Å²) in [5, 5.41) is 0. The monoisotopic (exact) mass is 141 g/mol. The summed E-state index contributed by atoms with van der Waals surface area (Å²) in [6.07, 6.45) is 4.34. The Labute approximate surface area is 53.2 Å². The van der Waals surface area contributed by atoms with E-state index >= 15 is 0 Å². The molecule has 0 aliphatic heterocycles. The van der Waals surface area contributed by atoms with Crippen molar-refractivity contribution in [2.75, 3.05) is 0 Å². The van der Waals surface area contributed by atoms with Crippen molar-refractivity contribution in [2.45, 2.75) is 0 Å². The standard InChI is InChI=1S/C5H4N.Cu/c1-2-4-6-5-3-1;/h1-4H;/q-1;+1. The van der Waals surface area contributed by atoms with Crippen LogP contribution in [0.4, 0.5) is 0 Å². The van der Waals surface area contributed by atoms with Crippen molar-refractivity contribution in [1.82, 2.24) is 4.98 Å². The van der Waals surface area contributed by atoms with Gasteiger partial charge in [0.1, 0.15) is 0 Å². The van der Waals surface area contributed by atoms with E-state index in [-0.39, 0.29) is 17.1 Å². The second-order valence-electron chi connectivity index (χ2n) is 0.959. The van der Waals surface area contributed by atoms with Crippen LogP contribution in [0.2, 0.25) is 0 Å². The zero-order valence-electron chi connectivity index (χ0n) is 3.56. The topological polar surface area (TPSA) is 12.9 Å². The first-order valence-corrected chi connectivity index (χ1v) is 1.77. The minimum atomic E-state index is 0. The molecule has 0 radical (unpaired) electrons. The van der Waals surface area contributed by atoms with E-state index in [4.69, 9.17) is 0 Å². The van der Waals surface area contributed by atoms with E-state index in [2.05, 4.69) is 11.2 Å². The van der Waals surface area contributed by atoms with Gasteiger partial charge in [0.2, 0.25) is 0 Å². The largest absolute Gasteiger partial charge is 1.00 e. The molecule has 0 atom stereocenters. The SMILES string of the molecule is [Cu+].[c-]1ccccn1. The third-order valence-electron chi connectivity index (χ3n) is 0.517. The van der Waals surface area contributed by atoms with E-state index < -0.39 is 0 Å². The van der Waals surface area contributed by atoms with Gasteiger partial charge in [-0.05, 0) is 0 Å². The molecule has 1 heterocycles. The second kappa shape index (κ2) is 3.85. The molecule has 2 heteroatoms. The first-order chi connectivity index (χ1) is 3.00. The van der Waals surface area contributed by atoms with E-state index in [1.807, 2.05) is 12.1 Å². The summed E-state index contributed by atoms with van der Waals surface area (Å²) < 4.78 is 0. The Kier molecular flexibility index (Phi) is 3.66. The Balaban J connectivity index is 0.000000360. The van der Waals surface area contributed by atoms with Gasteiger partial charge in [-0.1, -0.05) is 12.4 Å². The molecule has 0 N–H and O–H groups in total. The quantitative estimate of drug-likeness (QED) is 0.386. The van der Waals surface area contributed by atoms with Gasteiger partial charge in [0.05, 0.1) is 0 Å². The van der Waals surface area contributed by atoms with Crippen molar-refractivity contribution in [1.29, 1.82) is 0 Å². The molecule has 0 amide bonds. The van der Waals surface area contributed by atoms with Gasteiger partial charge in [0.15, 0.2) is 0 Å². The Hall–Kier alpha value is -0.331. The third-order valence-corrected chi connectivity index (χ3v) is 0.517. The smallest absolute Gasteiger partial charge is 0.394 e. The van der Waals surface area contributed by atoms with Crippen LogP contribution in [-0.4, -0.2) is 4.98 Å². The van der Waals surface area contributed by atoms with Crippen LogP contribution >= 0.6 is 0 Å². The summed E-state index contributed by atoms with van der Waals surface area (Å²) >= 11 is 0. The van der Waals surface area contributed by atoms with Crippen molar-refractivity contribution >= 4 is 0 Å². The van der Waals surface area contributed by atoms with Crippen LogP contribution in [0, 0.1) is 6.20 Å². The van der Waals surface area contributed by atoms with Crippen LogP contribution in [0.15, 0.2) is 24.4 Å². The van der Waals surface area contributed by atoms with Crippen molar-refractivity contribution in [3.8, 4) is 0 Å². The average molecular weight is 142 g/mol. The number of rotatable bonds is 0. The molecule has 0 unspecified atom stereocenters. The average Bonchev–Trinajstić information content (AvgIpc) is 1.72. The molecule has 1 aromatic rings. The first kappa shape index (κ1) is 6.67. The number of aromatic nitrogens is 1. The molecule has 0 spiro atoms. The summed E-state index contributed by atoms with van der Waals surface area (Å²) in [4.78, 5) is 3.66. The summed E-state index contributed by atoms with van der Waals surface area (Å²) in [5.74, 6) is 0. The number of hydrogen-bond donors (Lipinski definition) is 0. The molecule has 0 aliphatic carbocycles. The van der Waals surface area contributed by atoms with Crippen molar-refractivity contribution in [3.05, 3.63) is 30.6 Å². The van der Waals surface area contributed by atoms with Gasteiger partial charge in [-0.2, -0.15) is 18.2 Å². The van der Waals surface area contributed by atoms with E-state index in [0.717, 1.165) is 0 Å². The predicted molar refractivity (Wildman–Crippen MR) is 23.1 cm³/mol. The molecule has 7 heavy (non-hydrogen) atoms. The van der Waals surface area contributed by atoms with Crippen LogP contribution in [0.3, 0.4) is 0 Å². The van der Waals surface area contributed by atoms with Gasteiger partial charge >= 0.3 is 17.1 Å². The van der Waals surface area contributed by atoms with Gasteiger partial charge in [-0.3, -0.25) is 0 Å². The summed E-state index contributed by atoms with van der Waals surface area (Å²) in [5.41, 5.74) is 0. The van der Waals surface area contributed by atoms with E-state index in [1.54, 1.807) is 12.3 Å². The molecule has 0 fully saturated rings. The molecular weight excluding hydrogens is 138 g/mol. The minimum Gasteiger partial charge on any atom is -0.394 e. The van der Waals surface area contributed by atoms with Crippen LogP contribution in [0.1, 0.15) is 0 Å². The first-order valence-electron chi connectivity index (χ1n) is 1.77. The molecular formula is C5H4CuN. The van der Waals surface area contributed by atoms with Crippen LogP contribution in [0.25, 0.3) is 0 Å². The van der Waals surface area contributed by atoms with Crippen LogP contribution in [-0.2, 0) is 17.1 Å². The number of nitrogens with zero attached hydrogens (tertiary/aromatic N) is 1. The summed E-state index contributed by atoms with van der Waals surface area (Å²) in [6.45, 7) is 0. The van der Waals surface area contributed by atoms with Crippen LogP contribution in [0.5, 0.6) is 0 Å². The predicted octanol–water partition coefficient (Wildman–Crippen LogP) is 0.879. The maximum absolute atomic E-state index is 3.66. The fraction of sp³-hybridized carbons (Fsp3) is 0. The van der Waals surface area contributed by atoms with Crippen molar-refractivity contribution in [2.24, 2.45) is 0 Å². The molecule has 1 rings (SSSR count). The third kappa shape index (κ3) is 2.38. The Bertz CT molecular complexity index is 80.0. The zero-order valence-corrected chi connectivity index (χ0v) is 4.50.